The number of rotatable bonds is 5. The lowest BCUT2D eigenvalue weighted by Gasteiger charge is -2.28. The molecule has 0 amide bonds. The van der Waals surface area contributed by atoms with Gasteiger partial charge in [-0.2, -0.15) is 0 Å². The van der Waals surface area contributed by atoms with E-state index >= 15 is 0 Å². The van der Waals surface area contributed by atoms with E-state index in [0.717, 1.165) is 0 Å². The molecule has 0 bridgehead atoms. The summed E-state index contributed by atoms with van der Waals surface area (Å²) in [6.07, 6.45) is 0. The number of hydrogen-bond acceptors (Lipinski definition) is 4. The van der Waals surface area contributed by atoms with Gasteiger partial charge in [0.25, 0.3) is 0 Å². The molecule has 1 aromatic heterocycles. The standard InChI is InChI=1S/C15H17NO3S/c1-10(14-5-4-8-20-14)16(2)13-9-11(19-3)6-7-12(13)15(17)18/h4-10H,1-3H3,(H,17,18). The monoisotopic (exact) mass is 291 g/mol. The lowest BCUT2D eigenvalue weighted by Crippen LogP contribution is -2.23. The predicted octanol–water partition coefficient (Wildman–Crippen LogP) is 3.65. The number of aromatic carboxylic acids is 1. The largest absolute Gasteiger partial charge is 0.497 e. The van der Waals surface area contributed by atoms with Crippen molar-refractivity contribution >= 4 is 23.0 Å². The Morgan fingerprint density at radius 1 is 1.40 bits per heavy atom. The third-order valence-electron chi connectivity index (χ3n) is 3.35. The second-order valence-corrected chi connectivity index (χ2v) is 5.47. The molecule has 0 aliphatic rings. The maximum atomic E-state index is 11.4. The summed E-state index contributed by atoms with van der Waals surface area (Å²) in [6, 6.07) is 9.14. The molecule has 1 heterocycles. The molecule has 0 spiro atoms. The number of nitrogens with zero attached hydrogens (tertiary/aromatic N) is 1. The number of methoxy groups -OCH3 is 1. The Kier molecular flexibility index (Phi) is 4.29. The molecule has 0 fully saturated rings. The number of benzene rings is 1. The SMILES string of the molecule is COc1ccc(C(=O)O)c(N(C)C(C)c2cccs2)c1. The van der Waals surface area contributed by atoms with Crippen molar-refractivity contribution in [1.29, 1.82) is 0 Å². The highest BCUT2D eigenvalue weighted by Gasteiger charge is 2.20. The van der Waals surface area contributed by atoms with Gasteiger partial charge in [-0.05, 0) is 30.5 Å². The fraction of sp³-hybridized carbons (Fsp3) is 0.267. The first-order chi connectivity index (χ1) is 9.54. The first-order valence-electron chi connectivity index (χ1n) is 6.22. The van der Waals surface area contributed by atoms with Crippen molar-refractivity contribution in [1.82, 2.24) is 0 Å². The van der Waals surface area contributed by atoms with E-state index in [-0.39, 0.29) is 11.6 Å². The minimum Gasteiger partial charge on any atom is -0.497 e. The molecule has 0 aliphatic carbocycles. The van der Waals surface area contributed by atoms with E-state index in [4.69, 9.17) is 4.74 Å². The van der Waals surface area contributed by atoms with Gasteiger partial charge >= 0.3 is 5.97 Å². The zero-order valence-electron chi connectivity index (χ0n) is 11.7. The van der Waals surface area contributed by atoms with Gasteiger partial charge in [-0.1, -0.05) is 6.07 Å². The molecule has 4 nitrogen and oxygen atoms in total. The van der Waals surface area contributed by atoms with E-state index < -0.39 is 5.97 Å². The third-order valence-corrected chi connectivity index (χ3v) is 4.39. The molecule has 1 atom stereocenters. The molecule has 1 aromatic carbocycles. The number of carbonyl (C=O) groups is 1. The Balaban J connectivity index is 2.41. The molecule has 0 saturated carbocycles. The summed E-state index contributed by atoms with van der Waals surface area (Å²) < 4.78 is 5.19. The average molecular weight is 291 g/mol. The van der Waals surface area contributed by atoms with E-state index in [1.54, 1.807) is 36.6 Å². The number of ether oxygens (including phenoxy) is 1. The van der Waals surface area contributed by atoms with Gasteiger partial charge in [0.05, 0.1) is 24.4 Å². The van der Waals surface area contributed by atoms with Gasteiger partial charge in [-0.25, -0.2) is 4.79 Å². The van der Waals surface area contributed by atoms with Crippen LogP contribution in [-0.4, -0.2) is 25.2 Å². The van der Waals surface area contributed by atoms with E-state index in [1.807, 2.05) is 29.5 Å². The number of anilines is 1. The van der Waals surface area contributed by atoms with Crippen LogP contribution in [0, 0.1) is 0 Å². The van der Waals surface area contributed by atoms with Crippen LogP contribution in [-0.2, 0) is 0 Å². The molecule has 106 valence electrons. The van der Waals surface area contributed by atoms with Gasteiger partial charge < -0.3 is 14.7 Å². The van der Waals surface area contributed by atoms with E-state index in [0.29, 0.717) is 11.4 Å². The molecule has 20 heavy (non-hydrogen) atoms. The average Bonchev–Trinajstić information content (AvgIpc) is 2.99. The van der Waals surface area contributed by atoms with Crippen LogP contribution < -0.4 is 9.64 Å². The summed E-state index contributed by atoms with van der Waals surface area (Å²) in [4.78, 5) is 14.5. The predicted molar refractivity (Wildman–Crippen MR) is 81.1 cm³/mol. The molecule has 0 saturated heterocycles. The van der Waals surface area contributed by atoms with Crippen LogP contribution in [0.15, 0.2) is 35.7 Å². The van der Waals surface area contributed by atoms with Crippen LogP contribution in [0.2, 0.25) is 0 Å². The minimum absolute atomic E-state index is 0.0974. The van der Waals surface area contributed by atoms with Gasteiger partial charge in [-0.3, -0.25) is 0 Å². The molecule has 2 rings (SSSR count). The van der Waals surface area contributed by atoms with Crippen molar-refractivity contribution in [3.05, 3.63) is 46.2 Å². The molecule has 0 radical (unpaired) electrons. The van der Waals surface area contributed by atoms with E-state index in [9.17, 15) is 9.90 Å². The summed E-state index contributed by atoms with van der Waals surface area (Å²) >= 11 is 1.66. The van der Waals surface area contributed by atoms with Crippen LogP contribution in [0.25, 0.3) is 0 Å². The summed E-state index contributed by atoms with van der Waals surface area (Å²) in [6.45, 7) is 2.05. The Labute approximate surface area is 122 Å². The summed E-state index contributed by atoms with van der Waals surface area (Å²) in [5, 5.41) is 11.3. The molecular weight excluding hydrogens is 274 g/mol. The molecular formula is C15H17NO3S. The highest BCUT2D eigenvalue weighted by atomic mass is 32.1. The quantitative estimate of drug-likeness (QED) is 0.913. The van der Waals surface area contributed by atoms with Gasteiger partial charge in [0.2, 0.25) is 0 Å². The van der Waals surface area contributed by atoms with Crippen LogP contribution in [0.1, 0.15) is 28.2 Å². The highest BCUT2D eigenvalue weighted by Crippen LogP contribution is 2.32. The lowest BCUT2D eigenvalue weighted by atomic mass is 10.1. The molecule has 1 unspecified atom stereocenters. The van der Waals surface area contributed by atoms with Gasteiger partial charge in [0, 0.05) is 18.0 Å². The van der Waals surface area contributed by atoms with Crippen molar-refractivity contribution in [2.45, 2.75) is 13.0 Å². The number of carboxylic acid groups (broad SMARTS) is 1. The first kappa shape index (κ1) is 14.4. The van der Waals surface area contributed by atoms with Crippen molar-refractivity contribution in [2.75, 3.05) is 19.1 Å². The second kappa shape index (κ2) is 5.96. The minimum atomic E-state index is -0.937. The molecule has 1 N–H and O–H groups in total. The van der Waals surface area contributed by atoms with Crippen LogP contribution in [0.5, 0.6) is 5.75 Å². The van der Waals surface area contributed by atoms with Gasteiger partial charge in [0.15, 0.2) is 0 Å². The zero-order chi connectivity index (χ0) is 14.7. The fourth-order valence-electron chi connectivity index (χ4n) is 2.04. The maximum Gasteiger partial charge on any atom is 0.337 e. The summed E-state index contributed by atoms with van der Waals surface area (Å²) in [5.41, 5.74) is 0.925. The number of carboxylic acids is 1. The first-order valence-corrected chi connectivity index (χ1v) is 7.10. The lowest BCUT2D eigenvalue weighted by molar-refractivity contribution is 0.0697. The van der Waals surface area contributed by atoms with E-state index in [2.05, 4.69) is 6.92 Å². The Morgan fingerprint density at radius 3 is 2.70 bits per heavy atom. The van der Waals surface area contributed by atoms with Crippen molar-refractivity contribution in [3.8, 4) is 5.75 Å². The zero-order valence-corrected chi connectivity index (χ0v) is 12.5. The van der Waals surface area contributed by atoms with Crippen molar-refractivity contribution in [3.63, 3.8) is 0 Å². The van der Waals surface area contributed by atoms with Crippen LogP contribution in [0.4, 0.5) is 5.69 Å². The fourth-order valence-corrected chi connectivity index (χ4v) is 2.87. The van der Waals surface area contributed by atoms with Crippen molar-refractivity contribution < 1.29 is 14.6 Å². The Bertz CT molecular complexity index is 595. The molecule has 5 heteroatoms. The Morgan fingerprint density at radius 2 is 2.15 bits per heavy atom. The van der Waals surface area contributed by atoms with Gasteiger partial charge in [0.1, 0.15) is 5.75 Å². The topological polar surface area (TPSA) is 49.8 Å². The summed E-state index contributed by atoms with van der Waals surface area (Å²) in [5.74, 6) is -0.289. The number of hydrogen-bond donors (Lipinski definition) is 1. The highest BCUT2D eigenvalue weighted by molar-refractivity contribution is 7.10. The number of thiophene rings is 1. The third kappa shape index (κ3) is 2.77. The van der Waals surface area contributed by atoms with Crippen LogP contribution >= 0.6 is 11.3 Å². The van der Waals surface area contributed by atoms with Crippen LogP contribution in [0.3, 0.4) is 0 Å². The molecule has 0 aliphatic heterocycles. The smallest absolute Gasteiger partial charge is 0.337 e. The van der Waals surface area contributed by atoms with E-state index in [1.165, 1.54) is 4.88 Å². The second-order valence-electron chi connectivity index (χ2n) is 4.49. The Hall–Kier alpha value is -2.01. The van der Waals surface area contributed by atoms with Crippen molar-refractivity contribution in [2.24, 2.45) is 0 Å². The van der Waals surface area contributed by atoms with Gasteiger partial charge in [-0.15, -0.1) is 11.3 Å². The maximum absolute atomic E-state index is 11.4. The normalized spacial score (nSPS) is 11.9. The summed E-state index contributed by atoms with van der Waals surface area (Å²) in [7, 11) is 3.47. The molecule has 2 aromatic rings.